The van der Waals surface area contributed by atoms with Gasteiger partial charge in [-0.15, -0.1) is 0 Å². The Hall–Kier alpha value is -4.01. The van der Waals surface area contributed by atoms with E-state index in [0.717, 1.165) is 56.9 Å². The van der Waals surface area contributed by atoms with Crippen LogP contribution in [0.5, 0.6) is 17.2 Å². The largest absolute Gasteiger partial charge is 0.494 e. The second-order valence-electron chi connectivity index (χ2n) is 10.2. The normalized spacial score (nSPS) is 17.6. The van der Waals surface area contributed by atoms with Crippen LogP contribution in [0.15, 0.2) is 78.4 Å². The van der Waals surface area contributed by atoms with E-state index in [2.05, 4.69) is 16.8 Å². The van der Waals surface area contributed by atoms with Crippen LogP contribution in [0, 0.1) is 5.82 Å². The Labute approximate surface area is 234 Å². The molecule has 40 heavy (non-hydrogen) atoms. The van der Waals surface area contributed by atoms with Crippen molar-refractivity contribution in [3.8, 4) is 17.2 Å². The van der Waals surface area contributed by atoms with Crippen molar-refractivity contribution in [3.63, 3.8) is 0 Å². The smallest absolute Gasteiger partial charge is 0.261 e. The number of unbranched alkanes of at least 4 members (excludes halogenated alkanes) is 1. The molecule has 0 aliphatic carbocycles. The molecule has 208 valence electrons. The maximum atomic E-state index is 13.1. The molecular formula is C32H34FN3O4. The molecule has 7 nitrogen and oxygen atoms in total. The zero-order valence-corrected chi connectivity index (χ0v) is 22.7. The van der Waals surface area contributed by atoms with Gasteiger partial charge in [0.2, 0.25) is 5.91 Å². The molecule has 0 N–H and O–H groups in total. The van der Waals surface area contributed by atoms with Crippen LogP contribution in [0.25, 0.3) is 6.08 Å². The first-order valence-corrected chi connectivity index (χ1v) is 13.7. The highest BCUT2D eigenvalue weighted by molar-refractivity contribution is 6.29. The maximum absolute atomic E-state index is 13.1. The first-order chi connectivity index (χ1) is 19.4. The number of rotatable bonds is 10. The lowest BCUT2D eigenvalue weighted by Gasteiger charge is -2.32. The van der Waals surface area contributed by atoms with Crippen LogP contribution in [-0.4, -0.2) is 68.0 Å². The van der Waals surface area contributed by atoms with Gasteiger partial charge in [0.1, 0.15) is 23.1 Å². The van der Waals surface area contributed by atoms with Gasteiger partial charge in [-0.1, -0.05) is 12.1 Å². The fourth-order valence-electron chi connectivity index (χ4n) is 4.81. The van der Waals surface area contributed by atoms with Gasteiger partial charge < -0.3 is 19.3 Å². The van der Waals surface area contributed by atoms with Crippen molar-refractivity contribution < 1.29 is 23.5 Å². The molecule has 0 radical (unpaired) electrons. The number of carbonyl (C=O) groups excluding carboxylic acids is 2. The van der Waals surface area contributed by atoms with Crippen LogP contribution in [-0.2, 0) is 9.59 Å². The van der Waals surface area contributed by atoms with E-state index in [-0.39, 0.29) is 24.1 Å². The Balaban J connectivity index is 1.11. The van der Waals surface area contributed by atoms with E-state index >= 15 is 0 Å². The number of carbonyl (C=O) groups is 2. The van der Waals surface area contributed by atoms with E-state index < -0.39 is 0 Å². The lowest BCUT2D eigenvalue weighted by molar-refractivity contribution is -0.120. The minimum Gasteiger partial charge on any atom is -0.494 e. The number of hydrogen-bond donors (Lipinski definition) is 0. The third-order valence-electron chi connectivity index (χ3n) is 7.17. The monoisotopic (exact) mass is 543 g/mol. The molecule has 0 bridgehead atoms. The van der Waals surface area contributed by atoms with Gasteiger partial charge in [0.05, 0.1) is 18.7 Å². The molecule has 2 amide bonds. The lowest BCUT2D eigenvalue weighted by Crippen LogP contribution is -2.44. The molecule has 0 aromatic heterocycles. The quantitative estimate of drug-likeness (QED) is 0.195. The fourth-order valence-corrected chi connectivity index (χ4v) is 4.81. The number of amides is 2. The molecule has 3 aromatic rings. The molecule has 0 unspecified atom stereocenters. The van der Waals surface area contributed by atoms with Gasteiger partial charge in [-0.05, 0) is 98.7 Å². The molecule has 0 spiro atoms. The van der Waals surface area contributed by atoms with Gasteiger partial charge in [-0.3, -0.25) is 9.59 Å². The highest BCUT2D eigenvalue weighted by Crippen LogP contribution is 2.29. The molecule has 0 saturated carbocycles. The summed E-state index contributed by atoms with van der Waals surface area (Å²) in [6, 6.07) is 20.0. The van der Waals surface area contributed by atoms with Crippen LogP contribution in [0.2, 0.25) is 0 Å². The summed E-state index contributed by atoms with van der Waals surface area (Å²) in [6.45, 7) is 6.25. The van der Waals surface area contributed by atoms with Crippen LogP contribution < -0.4 is 14.4 Å². The lowest BCUT2D eigenvalue weighted by atomic mass is 10.1. The average Bonchev–Trinajstić information content (AvgIpc) is 3.24. The summed E-state index contributed by atoms with van der Waals surface area (Å²) in [5, 5.41) is 0. The summed E-state index contributed by atoms with van der Waals surface area (Å²) in [5.74, 6) is 0.922. The standard InChI is InChI=1S/C32H34FN3O4/c1-34-17-19-35(20-18-34)16-2-3-21-39-28-14-8-27(9-15-28)36-31(37)23-25(32(36)38)22-24-4-10-29(11-5-24)40-30-12-6-26(33)7-13-30/h4-15,22H,2-3,16-21,23H2,1H3. The molecule has 2 fully saturated rings. The van der Waals surface area contributed by atoms with Gasteiger partial charge in [0, 0.05) is 31.8 Å². The Morgan fingerprint density at radius 2 is 1.43 bits per heavy atom. The van der Waals surface area contributed by atoms with Gasteiger partial charge in [0.25, 0.3) is 5.91 Å². The second kappa shape index (κ2) is 12.9. The van der Waals surface area contributed by atoms with Crippen LogP contribution in [0.3, 0.4) is 0 Å². The molecule has 8 heteroatoms. The number of ether oxygens (including phenoxy) is 2. The number of halogens is 1. The topological polar surface area (TPSA) is 62.3 Å². The second-order valence-corrected chi connectivity index (χ2v) is 10.2. The molecule has 2 aliphatic rings. The van der Waals surface area contributed by atoms with Crippen LogP contribution >= 0.6 is 0 Å². The SMILES string of the molecule is CN1CCN(CCCCOc2ccc(N3C(=O)CC(=Cc4ccc(Oc5ccc(F)cc5)cc4)C3=O)cc2)CC1. The van der Waals surface area contributed by atoms with E-state index in [1.165, 1.54) is 17.0 Å². The number of benzene rings is 3. The predicted molar refractivity (Wildman–Crippen MR) is 153 cm³/mol. The zero-order chi connectivity index (χ0) is 27.9. The fraction of sp³-hybridized carbons (Fsp3) is 0.312. The number of nitrogens with zero attached hydrogens (tertiary/aromatic N) is 3. The summed E-state index contributed by atoms with van der Waals surface area (Å²) < 4.78 is 24.7. The summed E-state index contributed by atoms with van der Waals surface area (Å²) in [5.41, 5.74) is 1.74. The van der Waals surface area contributed by atoms with Gasteiger partial charge in [-0.25, -0.2) is 9.29 Å². The van der Waals surface area contributed by atoms with Crippen molar-refractivity contribution in [3.05, 3.63) is 89.8 Å². The Morgan fingerprint density at radius 1 is 0.800 bits per heavy atom. The predicted octanol–water partition coefficient (Wildman–Crippen LogP) is 5.37. The molecule has 5 rings (SSSR count). The van der Waals surface area contributed by atoms with E-state index in [1.807, 2.05) is 12.1 Å². The van der Waals surface area contributed by atoms with E-state index in [0.29, 0.717) is 29.4 Å². The minimum absolute atomic E-state index is 0.0399. The van der Waals surface area contributed by atoms with E-state index in [9.17, 15) is 14.0 Å². The molecule has 2 heterocycles. The minimum atomic E-state index is -0.328. The molecular weight excluding hydrogens is 509 g/mol. The van der Waals surface area contributed by atoms with Gasteiger partial charge in [0.15, 0.2) is 0 Å². The van der Waals surface area contributed by atoms with Crippen molar-refractivity contribution in [2.24, 2.45) is 0 Å². The van der Waals surface area contributed by atoms with E-state index in [4.69, 9.17) is 9.47 Å². The number of hydrogen-bond acceptors (Lipinski definition) is 6. The van der Waals surface area contributed by atoms with Gasteiger partial charge in [-0.2, -0.15) is 0 Å². The van der Waals surface area contributed by atoms with Crippen LogP contribution in [0.1, 0.15) is 24.8 Å². The summed E-state index contributed by atoms with van der Waals surface area (Å²) in [6.07, 6.45) is 3.84. The number of likely N-dealkylation sites (N-methyl/N-ethyl adjacent to an activating group) is 1. The Bertz CT molecular complexity index is 1330. The zero-order valence-electron chi connectivity index (χ0n) is 22.7. The van der Waals surface area contributed by atoms with Crippen molar-refractivity contribution >= 4 is 23.6 Å². The Kier molecular flexibility index (Phi) is 8.88. The van der Waals surface area contributed by atoms with Crippen LogP contribution in [0.4, 0.5) is 10.1 Å². The molecule has 0 atom stereocenters. The number of anilines is 1. The maximum Gasteiger partial charge on any atom is 0.261 e. The average molecular weight is 544 g/mol. The molecule has 2 aliphatic heterocycles. The van der Waals surface area contributed by atoms with Crippen molar-refractivity contribution in [2.75, 3.05) is 51.3 Å². The highest BCUT2D eigenvalue weighted by Gasteiger charge is 2.34. The third kappa shape index (κ3) is 7.14. The summed E-state index contributed by atoms with van der Waals surface area (Å²) >= 11 is 0. The van der Waals surface area contributed by atoms with Gasteiger partial charge >= 0.3 is 0 Å². The van der Waals surface area contributed by atoms with E-state index in [1.54, 1.807) is 54.6 Å². The Morgan fingerprint density at radius 3 is 2.10 bits per heavy atom. The van der Waals surface area contributed by atoms with Crippen molar-refractivity contribution in [2.45, 2.75) is 19.3 Å². The number of imide groups is 1. The first-order valence-electron chi connectivity index (χ1n) is 13.7. The van der Waals surface area contributed by atoms with Crippen molar-refractivity contribution in [1.29, 1.82) is 0 Å². The summed E-state index contributed by atoms with van der Waals surface area (Å²) in [7, 11) is 2.16. The first kappa shape index (κ1) is 27.6. The number of piperazine rings is 1. The highest BCUT2D eigenvalue weighted by atomic mass is 19.1. The summed E-state index contributed by atoms with van der Waals surface area (Å²) in [4.78, 5) is 31.9. The van der Waals surface area contributed by atoms with Crippen molar-refractivity contribution in [1.82, 2.24) is 9.80 Å². The third-order valence-corrected chi connectivity index (χ3v) is 7.17. The molecule has 3 aromatic carbocycles. The molecule has 2 saturated heterocycles.